The zero-order valence-electron chi connectivity index (χ0n) is 23.2. The molecule has 11 heteroatoms. The fraction of sp³-hybridized carbons (Fsp3) is 0.188. The van der Waals surface area contributed by atoms with Gasteiger partial charge in [0.25, 0.3) is 5.56 Å². The van der Waals surface area contributed by atoms with Gasteiger partial charge in [-0.1, -0.05) is 72.0 Å². The zero-order chi connectivity index (χ0) is 30.5. The van der Waals surface area contributed by atoms with Crippen molar-refractivity contribution in [1.82, 2.24) is 4.57 Å². The maximum Gasteiger partial charge on any atom is 0.344 e. The van der Waals surface area contributed by atoms with Gasteiger partial charge in [0.15, 0.2) is 11.4 Å². The third-order valence-corrected chi connectivity index (χ3v) is 8.86. The van der Waals surface area contributed by atoms with Crippen LogP contribution >= 0.6 is 56.5 Å². The Morgan fingerprint density at radius 2 is 1.65 bits per heavy atom. The second-order valence-electron chi connectivity index (χ2n) is 9.24. The van der Waals surface area contributed by atoms with Gasteiger partial charge >= 0.3 is 11.9 Å². The molecule has 0 radical (unpaired) electrons. The van der Waals surface area contributed by atoms with Crippen molar-refractivity contribution in [2.45, 2.75) is 19.9 Å². The molecule has 8 nitrogen and oxygen atoms in total. The van der Waals surface area contributed by atoms with E-state index in [1.54, 1.807) is 24.5 Å². The highest BCUT2D eigenvalue weighted by Gasteiger charge is 2.35. The maximum absolute atomic E-state index is 14.2. The number of ether oxygens (including phenoxy) is 3. The highest BCUT2D eigenvalue weighted by molar-refractivity contribution is 14.1. The first-order valence-corrected chi connectivity index (χ1v) is 16.4. The summed E-state index contributed by atoms with van der Waals surface area (Å²) in [6.45, 7) is 3.65. The Morgan fingerprint density at radius 1 is 0.977 bits per heavy atom. The number of esters is 2. The number of thiazole rings is 1. The molecule has 4 aromatic rings. The topological polar surface area (TPSA) is 96.2 Å². The third kappa shape index (κ3) is 6.78. The maximum atomic E-state index is 14.2. The molecule has 0 fully saturated rings. The predicted molar refractivity (Wildman–Crippen MR) is 182 cm³/mol. The summed E-state index contributed by atoms with van der Waals surface area (Å²) in [7, 11) is 0. The molecule has 0 N–H and O–H groups in total. The first kappa shape index (κ1) is 31.1. The van der Waals surface area contributed by atoms with Gasteiger partial charge in [-0.2, -0.15) is 0 Å². The van der Waals surface area contributed by atoms with E-state index in [1.807, 2.05) is 72.8 Å². The highest BCUT2D eigenvalue weighted by Crippen LogP contribution is 2.35. The van der Waals surface area contributed by atoms with Gasteiger partial charge in [0.1, 0.15) is 5.75 Å². The monoisotopic (exact) mass is 820 g/mol. The van der Waals surface area contributed by atoms with Crippen LogP contribution in [0.2, 0.25) is 0 Å². The molecule has 1 atom stereocenters. The van der Waals surface area contributed by atoms with Gasteiger partial charge in [0.05, 0.1) is 38.6 Å². The number of hydrogen-bond donors (Lipinski definition) is 0. The lowest BCUT2D eigenvalue weighted by atomic mass is 9.93. The minimum atomic E-state index is -0.760. The zero-order valence-corrected chi connectivity index (χ0v) is 28.3. The number of halogens is 2. The van der Waals surface area contributed by atoms with E-state index >= 15 is 0 Å². The second-order valence-corrected chi connectivity index (χ2v) is 12.7. The fourth-order valence-corrected chi connectivity index (χ4v) is 7.74. The van der Waals surface area contributed by atoms with Gasteiger partial charge in [-0.3, -0.25) is 9.36 Å². The third-order valence-electron chi connectivity index (χ3n) is 6.45. The molecule has 43 heavy (non-hydrogen) atoms. The quantitative estimate of drug-likeness (QED) is 0.173. The van der Waals surface area contributed by atoms with Crippen LogP contribution < -0.4 is 19.6 Å². The van der Waals surface area contributed by atoms with Crippen LogP contribution in [0.15, 0.2) is 88.2 Å². The Bertz CT molecular complexity index is 1880. The Morgan fingerprint density at radius 3 is 2.33 bits per heavy atom. The van der Waals surface area contributed by atoms with Crippen molar-refractivity contribution in [3.05, 3.63) is 122 Å². The van der Waals surface area contributed by atoms with Crippen molar-refractivity contribution < 1.29 is 23.8 Å². The van der Waals surface area contributed by atoms with E-state index in [0.29, 0.717) is 31.9 Å². The van der Waals surface area contributed by atoms with Gasteiger partial charge in [0.2, 0.25) is 0 Å². The summed E-state index contributed by atoms with van der Waals surface area (Å²) in [5, 5.41) is 0. The number of carbonyl (C=O) groups is 2. The second kappa shape index (κ2) is 14.0. The van der Waals surface area contributed by atoms with E-state index in [2.05, 4.69) is 45.2 Å². The van der Waals surface area contributed by atoms with Crippen LogP contribution in [0.5, 0.6) is 5.75 Å². The molecule has 2 heterocycles. The molecule has 1 aromatic heterocycles. The SMILES string of the molecule is CCOC(=O)COc1c(I)cc(I)cc1/C=c1\sc2n(c1=O)[C@H](c1ccccc1)C(C(=O)OCC)=C(c1ccccc1)N=2. The first-order chi connectivity index (χ1) is 20.8. The fourth-order valence-electron chi connectivity index (χ4n) is 4.71. The number of nitrogens with zero attached hydrogens (tertiary/aromatic N) is 2. The molecular weight excluding hydrogens is 794 g/mol. The lowest BCUT2D eigenvalue weighted by molar-refractivity contribution is -0.145. The molecular formula is C32H26I2N2O6S. The van der Waals surface area contributed by atoms with Gasteiger partial charge in [-0.05, 0) is 82.8 Å². The summed E-state index contributed by atoms with van der Waals surface area (Å²) >= 11 is 5.57. The summed E-state index contributed by atoms with van der Waals surface area (Å²) in [6, 6.07) is 21.9. The van der Waals surface area contributed by atoms with Crippen molar-refractivity contribution in [1.29, 1.82) is 0 Å². The molecule has 0 amide bonds. The van der Waals surface area contributed by atoms with Crippen LogP contribution in [-0.4, -0.2) is 36.3 Å². The minimum absolute atomic E-state index is 0.177. The van der Waals surface area contributed by atoms with E-state index in [9.17, 15) is 14.4 Å². The Kier molecular flexibility index (Phi) is 10.1. The minimum Gasteiger partial charge on any atom is -0.480 e. The Labute approximate surface area is 279 Å². The predicted octanol–water partition coefficient (Wildman–Crippen LogP) is 5.09. The lowest BCUT2D eigenvalue weighted by Crippen LogP contribution is -2.40. The average molecular weight is 820 g/mol. The number of fused-ring (bicyclic) bond motifs is 1. The number of rotatable bonds is 9. The van der Waals surface area contributed by atoms with Gasteiger partial charge in [0, 0.05) is 14.7 Å². The van der Waals surface area contributed by atoms with Crippen molar-refractivity contribution in [2.75, 3.05) is 19.8 Å². The molecule has 1 aliphatic rings. The van der Waals surface area contributed by atoms with E-state index in [4.69, 9.17) is 19.2 Å². The number of hydrogen-bond acceptors (Lipinski definition) is 8. The summed E-state index contributed by atoms with van der Waals surface area (Å²) in [6.07, 6.45) is 1.74. The van der Waals surface area contributed by atoms with Crippen molar-refractivity contribution in [2.24, 2.45) is 4.99 Å². The summed E-state index contributed by atoms with van der Waals surface area (Å²) in [4.78, 5) is 45.1. The summed E-state index contributed by atoms with van der Waals surface area (Å²) in [5.74, 6) is -0.545. The molecule has 0 bridgehead atoms. The van der Waals surface area contributed by atoms with E-state index in [1.165, 1.54) is 11.3 Å². The normalized spacial score (nSPS) is 14.6. The Hall–Kier alpha value is -3.30. The molecule has 5 rings (SSSR count). The molecule has 0 saturated heterocycles. The van der Waals surface area contributed by atoms with Crippen LogP contribution in [0, 0.1) is 7.14 Å². The summed E-state index contributed by atoms with van der Waals surface area (Å²) in [5.41, 5.74) is 2.57. The van der Waals surface area contributed by atoms with Gasteiger partial charge < -0.3 is 14.2 Å². The van der Waals surface area contributed by atoms with Crippen LogP contribution in [-0.2, 0) is 19.1 Å². The van der Waals surface area contributed by atoms with Crippen LogP contribution in [0.1, 0.15) is 36.6 Å². The number of aromatic nitrogens is 1. The molecule has 1 aliphatic heterocycles. The molecule has 3 aromatic carbocycles. The molecule has 0 unspecified atom stereocenters. The molecule has 0 aliphatic carbocycles. The smallest absolute Gasteiger partial charge is 0.344 e. The van der Waals surface area contributed by atoms with Crippen molar-refractivity contribution in [3.63, 3.8) is 0 Å². The summed E-state index contributed by atoms with van der Waals surface area (Å²) < 4.78 is 20.1. The average Bonchev–Trinajstić information content (AvgIpc) is 3.31. The molecule has 0 spiro atoms. The highest BCUT2D eigenvalue weighted by atomic mass is 127. The van der Waals surface area contributed by atoms with Gasteiger partial charge in [-0.25, -0.2) is 14.6 Å². The lowest BCUT2D eigenvalue weighted by Gasteiger charge is -2.25. The van der Waals surface area contributed by atoms with Crippen LogP contribution in [0.25, 0.3) is 11.8 Å². The first-order valence-electron chi connectivity index (χ1n) is 13.4. The van der Waals surface area contributed by atoms with Crippen molar-refractivity contribution >= 4 is 80.2 Å². The standard InChI is InChI=1S/C32H26I2N2O6S/c1-3-40-25(37)18-42-29-21(15-22(33)17-23(29)34)16-24-30(38)36-28(20-13-9-6-10-14-20)26(31(39)41-4-2)27(35-32(36)43-24)19-11-7-5-8-12-19/h5-17,28H,3-4,18H2,1-2H3/b24-16-/t28-/m1/s1. The Balaban J connectivity index is 1.75. The molecule has 220 valence electrons. The van der Waals surface area contributed by atoms with Gasteiger partial charge in [-0.15, -0.1) is 0 Å². The number of carbonyl (C=O) groups excluding carboxylic acids is 2. The number of benzene rings is 3. The largest absolute Gasteiger partial charge is 0.480 e. The van der Waals surface area contributed by atoms with Crippen molar-refractivity contribution in [3.8, 4) is 5.75 Å². The van der Waals surface area contributed by atoms with Crippen LogP contribution in [0.3, 0.4) is 0 Å². The van der Waals surface area contributed by atoms with Crippen LogP contribution in [0.4, 0.5) is 0 Å². The van der Waals surface area contributed by atoms with E-state index < -0.39 is 18.0 Å². The molecule has 0 saturated carbocycles. The van der Waals surface area contributed by atoms with E-state index in [0.717, 1.165) is 18.3 Å². The van der Waals surface area contributed by atoms with E-state index in [-0.39, 0.29) is 25.4 Å².